The van der Waals surface area contributed by atoms with Crippen molar-refractivity contribution in [3.05, 3.63) is 65.2 Å². The van der Waals surface area contributed by atoms with E-state index in [0.29, 0.717) is 5.56 Å². The number of carbonyl (C=O) groups excluding carboxylic acids is 1. The molecule has 0 spiro atoms. The maximum Gasteiger partial charge on any atom is 0.338 e. The molecule has 0 saturated carbocycles. The Morgan fingerprint density at radius 3 is 2.36 bits per heavy atom. The van der Waals surface area contributed by atoms with E-state index in [4.69, 9.17) is 14.6 Å². The van der Waals surface area contributed by atoms with Crippen molar-refractivity contribution in [1.29, 1.82) is 0 Å². The van der Waals surface area contributed by atoms with Gasteiger partial charge in [0, 0.05) is 5.56 Å². The Labute approximate surface area is 129 Å². The lowest BCUT2D eigenvalue weighted by molar-refractivity contribution is 0.0472. The number of hydrogen-bond acceptors (Lipinski definition) is 4. The molecule has 0 aromatic heterocycles. The fraction of sp³-hybridized carbons (Fsp3) is 0.167. The topological polar surface area (TPSA) is 55.8 Å². The Morgan fingerprint density at radius 2 is 1.77 bits per heavy atom. The molecule has 2 aromatic rings. The molecule has 4 heteroatoms. The highest BCUT2D eigenvalue weighted by atomic mass is 16.5. The first kappa shape index (κ1) is 15.6. The third kappa shape index (κ3) is 4.37. The van der Waals surface area contributed by atoms with Crippen LogP contribution in [-0.4, -0.2) is 24.8 Å². The van der Waals surface area contributed by atoms with E-state index < -0.39 is 5.97 Å². The predicted molar refractivity (Wildman–Crippen MR) is 82.5 cm³/mol. The molecule has 4 nitrogen and oxygen atoms in total. The highest BCUT2D eigenvalue weighted by Gasteiger charge is 2.07. The maximum atomic E-state index is 11.9. The van der Waals surface area contributed by atoms with E-state index in [-0.39, 0.29) is 13.2 Å². The third-order valence-electron chi connectivity index (χ3n) is 2.96. The molecule has 112 valence electrons. The number of carbonyl (C=O) groups is 1. The number of aliphatic hydroxyl groups excluding tert-OH is 1. The van der Waals surface area contributed by atoms with Crippen LogP contribution in [0.3, 0.4) is 0 Å². The Morgan fingerprint density at radius 1 is 1.09 bits per heavy atom. The van der Waals surface area contributed by atoms with Crippen molar-refractivity contribution >= 4 is 5.97 Å². The Hall–Kier alpha value is -2.77. The van der Waals surface area contributed by atoms with Gasteiger partial charge in [-0.2, -0.15) is 0 Å². The van der Waals surface area contributed by atoms with Crippen LogP contribution in [0.1, 0.15) is 21.5 Å². The normalized spacial score (nSPS) is 9.55. The zero-order valence-electron chi connectivity index (χ0n) is 12.2. The fourth-order valence-electron chi connectivity index (χ4n) is 1.79. The van der Waals surface area contributed by atoms with Gasteiger partial charge in [-0.05, 0) is 42.0 Å². The first-order valence-electron chi connectivity index (χ1n) is 6.73. The molecule has 0 radical (unpaired) electrons. The van der Waals surface area contributed by atoms with Gasteiger partial charge in [0.25, 0.3) is 0 Å². The van der Waals surface area contributed by atoms with Crippen LogP contribution in [0.2, 0.25) is 0 Å². The van der Waals surface area contributed by atoms with E-state index in [1.54, 1.807) is 31.4 Å². The van der Waals surface area contributed by atoms with Crippen LogP contribution >= 0.6 is 0 Å². The van der Waals surface area contributed by atoms with Crippen LogP contribution in [0, 0.1) is 11.8 Å². The smallest absolute Gasteiger partial charge is 0.338 e. The summed E-state index contributed by atoms with van der Waals surface area (Å²) in [4.78, 5) is 11.9. The summed E-state index contributed by atoms with van der Waals surface area (Å²) in [6, 6.07) is 14.1. The van der Waals surface area contributed by atoms with Crippen molar-refractivity contribution < 1.29 is 19.4 Å². The molecule has 2 rings (SSSR count). The molecule has 0 aliphatic heterocycles. The molecule has 0 unspecified atom stereocenters. The maximum absolute atomic E-state index is 11.9. The van der Waals surface area contributed by atoms with Crippen molar-refractivity contribution in [1.82, 2.24) is 0 Å². The number of methoxy groups -OCH3 is 1. The van der Waals surface area contributed by atoms with Gasteiger partial charge < -0.3 is 14.6 Å². The number of benzene rings is 2. The Kier molecular flexibility index (Phi) is 5.58. The molecular weight excluding hydrogens is 280 g/mol. The largest absolute Gasteiger partial charge is 0.497 e. The molecule has 1 N–H and O–H groups in total. The zero-order valence-corrected chi connectivity index (χ0v) is 12.2. The minimum atomic E-state index is -0.391. The summed E-state index contributed by atoms with van der Waals surface area (Å²) in [5, 5.41) is 8.63. The quantitative estimate of drug-likeness (QED) is 0.695. The van der Waals surface area contributed by atoms with Gasteiger partial charge in [-0.15, -0.1) is 0 Å². The average Bonchev–Trinajstić information content (AvgIpc) is 2.58. The zero-order chi connectivity index (χ0) is 15.8. The number of rotatable bonds is 4. The van der Waals surface area contributed by atoms with Gasteiger partial charge in [0.05, 0.1) is 12.7 Å². The minimum Gasteiger partial charge on any atom is -0.497 e. The summed E-state index contributed by atoms with van der Waals surface area (Å²) < 4.78 is 10.3. The minimum absolute atomic E-state index is 0.189. The van der Waals surface area contributed by atoms with Gasteiger partial charge in [-0.25, -0.2) is 4.79 Å². The Balaban J connectivity index is 1.93. The summed E-state index contributed by atoms with van der Waals surface area (Å²) in [5.74, 6) is 5.68. The van der Waals surface area contributed by atoms with E-state index in [0.717, 1.165) is 16.9 Å². The van der Waals surface area contributed by atoms with Gasteiger partial charge in [0.1, 0.15) is 19.0 Å². The average molecular weight is 296 g/mol. The SMILES string of the molecule is COc1ccc(COC(=O)c2ccc(C#CCO)cc2)cc1. The highest BCUT2D eigenvalue weighted by Crippen LogP contribution is 2.13. The number of ether oxygens (including phenoxy) is 2. The molecule has 0 amide bonds. The second-order valence-corrected chi connectivity index (χ2v) is 4.46. The summed E-state index contributed by atoms with van der Waals surface area (Å²) in [5.41, 5.74) is 2.09. The Bertz CT molecular complexity index is 676. The van der Waals surface area contributed by atoms with Gasteiger partial charge in [0.2, 0.25) is 0 Å². The predicted octanol–water partition coefficient (Wildman–Crippen LogP) is 2.40. The van der Waals surface area contributed by atoms with E-state index in [2.05, 4.69) is 11.8 Å². The first-order chi connectivity index (χ1) is 10.7. The lowest BCUT2D eigenvalue weighted by atomic mass is 10.1. The monoisotopic (exact) mass is 296 g/mol. The van der Waals surface area contributed by atoms with Crippen molar-refractivity contribution in [3.8, 4) is 17.6 Å². The molecule has 0 atom stereocenters. The second-order valence-electron chi connectivity index (χ2n) is 4.46. The van der Waals surface area contributed by atoms with Gasteiger partial charge in [0.15, 0.2) is 0 Å². The first-order valence-corrected chi connectivity index (χ1v) is 6.73. The molecule has 22 heavy (non-hydrogen) atoms. The van der Waals surface area contributed by atoms with E-state index >= 15 is 0 Å². The molecule has 2 aromatic carbocycles. The van der Waals surface area contributed by atoms with E-state index in [9.17, 15) is 4.79 Å². The van der Waals surface area contributed by atoms with Gasteiger partial charge >= 0.3 is 5.97 Å². The lowest BCUT2D eigenvalue weighted by Gasteiger charge is -2.06. The lowest BCUT2D eigenvalue weighted by Crippen LogP contribution is -2.05. The summed E-state index contributed by atoms with van der Waals surface area (Å²) in [6.45, 7) is 0.0144. The second kappa shape index (κ2) is 7.87. The van der Waals surface area contributed by atoms with E-state index in [1.165, 1.54) is 0 Å². The van der Waals surface area contributed by atoms with Crippen molar-refractivity contribution in [3.63, 3.8) is 0 Å². The number of aliphatic hydroxyl groups is 1. The van der Waals surface area contributed by atoms with Crippen LogP contribution in [0.5, 0.6) is 5.75 Å². The highest BCUT2D eigenvalue weighted by molar-refractivity contribution is 5.89. The van der Waals surface area contributed by atoms with Crippen LogP contribution in [0.4, 0.5) is 0 Å². The van der Waals surface area contributed by atoms with Crippen LogP contribution in [0.25, 0.3) is 0 Å². The van der Waals surface area contributed by atoms with Gasteiger partial charge in [-0.1, -0.05) is 24.0 Å². The van der Waals surface area contributed by atoms with Crippen LogP contribution in [0.15, 0.2) is 48.5 Å². The van der Waals surface area contributed by atoms with Crippen LogP contribution < -0.4 is 4.74 Å². The third-order valence-corrected chi connectivity index (χ3v) is 2.96. The molecule has 0 saturated heterocycles. The summed E-state index contributed by atoms with van der Waals surface area (Å²) in [6.07, 6.45) is 0. The summed E-state index contributed by atoms with van der Waals surface area (Å²) in [7, 11) is 1.60. The van der Waals surface area contributed by atoms with Crippen LogP contribution in [-0.2, 0) is 11.3 Å². The fourth-order valence-corrected chi connectivity index (χ4v) is 1.79. The molecular formula is C18H16O4. The van der Waals surface area contributed by atoms with Crippen molar-refractivity contribution in [2.75, 3.05) is 13.7 Å². The standard InChI is InChI=1S/C18H16O4/c1-21-17-10-6-15(7-11-17)13-22-18(20)16-8-4-14(5-9-16)3-2-12-19/h4-11,19H,12-13H2,1H3. The molecule has 0 fully saturated rings. The summed E-state index contributed by atoms with van der Waals surface area (Å²) >= 11 is 0. The molecule has 0 heterocycles. The van der Waals surface area contributed by atoms with Crippen molar-refractivity contribution in [2.45, 2.75) is 6.61 Å². The molecule has 0 aliphatic carbocycles. The van der Waals surface area contributed by atoms with E-state index in [1.807, 2.05) is 24.3 Å². The number of esters is 1. The van der Waals surface area contributed by atoms with Gasteiger partial charge in [-0.3, -0.25) is 0 Å². The van der Waals surface area contributed by atoms with Crippen molar-refractivity contribution in [2.24, 2.45) is 0 Å². The number of hydrogen-bond donors (Lipinski definition) is 1. The molecule has 0 aliphatic rings. The molecule has 0 bridgehead atoms.